The lowest BCUT2D eigenvalue weighted by Crippen LogP contribution is -2.51. The minimum absolute atomic E-state index is 0.0844. The third-order valence-corrected chi connectivity index (χ3v) is 6.07. The first-order valence-electron chi connectivity index (χ1n) is 9.70. The van der Waals surface area contributed by atoms with Crippen molar-refractivity contribution in [1.29, 1.82) is 0 Å². The normalized spacial score (nSPS) is 27.6. The highest BCUT2D eigenvalue weighted by atomic mass is 16.1. The number of amides is 1. The number of nitrogens with zero attached hydrogens (tertiary/aromatic N) is 1. The van der Waals surface area contributed by atoms with Gasteiger partial charge in [-0.2, -0.15) is 0 Å². The highest BCUT2D eigenvalue weighted by molar-refractivity contribution is 5.75. The van der Waals surface area contributed by atoms with E-state index in [2.05, 4.69) is 46.9 Å². The smallest absolute Gasteiger partial charge is 0.216 e. The van der Waals surface area contributed by atoms with Gasteiger partial charge in [0.05, 0.1) is 0 Å². The minimum Gasteiger partial charge on any atom is -0.387 e. The Bertz CT molecular complexity index is 696. The van der Waals surface area contributed by atoms with Gasteiger partial charge in [0.1, 0.15) is 0 Å². The molecule has 134 valence electrons. The number of piperidine rings is 1. The van der Waals surface area contributed by atoms with Gasteiger partial charge in [-0.3, -0.25) is 9.69 Å². The summed E-state index contributed by atoms with van der Waals surface area (Å²) in [6.45, 7) is 7.88. The van der Waals surface area contributed by atoms with Crippen molar-refractivity contribution in [2.24, 2.45) is 5.92 Å². The van der Waals surface area contributed by atoms with Crippen molar-refractivity contribution in [2.75, 3.05) is 19.6 Å². The number of fused-ring (bicyclic) bond motifs is 2. The van der Waals surface area contributed by atoms with Crippen molar-refractivity contribution >= 4 is 11.5 Å². The molecular formula is C21H29N3O. The van der Waals surface area contributed by atoms with E-state index in [-0.39, 0.29) is 5.91 Å². The van der Waals surface area contributed by atoms with Crippen LogP contribution in [0.5, 0.6) is 0 Å². The first-order valence-corrected chi connectivity index (χ1v) is 9.70. The number of likely N-dealkylation sites (tertiary alicyclic amines) is 1. The van der Waals surface area contributed by atoms with Crippen LogP contribution in [-0.4, -0.2) is 36.5 Å². The van der Waals surface area contributed by atoms with E-state index in [1.165, 1.54) is 35.1 Å². The average molecular weight is 339 g/mol. The third-order valence-electron chi connectivity index (χ3n) is 6.07. The fourth-order valence-electron chi connectivity index (χ4n) is 5.11. The number of benzene rings is 1. The maximum atomic E-state index is 11.4. The Morgan fingerprint density at radius 2 is 2.28 bits per heavy atom. The van der Waals surface area contributed by atoms with Crippen LogP contribution in [0.2, 0.25) is 0 Å². The lowest BCUT2D eigenvalue weighted by molar-refractivity contribution is -0.119. The second kappa shape index (κ2) is 6.83. The molecule has 1 aromatic carbocycles. The molecule has 4 rings (SSSR count). The number of nitrogens with one attached hydrogen (secondary N) is 2. The monoisotopic (exact) mass is 339 g/mol. The van der Waals surface area contributed by atoms with Crippen LogP contribution in [0.15, 0.2) is 24.4 Å². The molecule has 4 nitrogen and oxygen atoms in total. The van der Waals surface area contributed by atoms with Crippen molar-refractivity contribution < 1.29 is 4.79 Å². The largest absolute Gasteiger partial charge is 0.387 e. The van der Waals surface area contributed by atoms with Gasteiger partial charge in [0.15, 0.2) is 0 Å². The summed E-state index contributed by atoms with van der Waals surface area (Å²) in [7, 11) is 0. The number of hydrogen-bond acceptors (Lipinski definition) is 3. The van der Waals surface area contributed by atoms with E-state index in [9.17, 15) is 4.79 Å². The van der Waals surface area contributed by atoms with Crippen LogP contribution in [0, 0.1) is 5.92 Å². The molecule has 0 aromatic heterocycles. The molecule has 1 saturated heterocycles. The summed E-state index contributed by atoms with van der Waals surface area (Å²) in [5.41, 5.74) is 5.98. The number of carbonyl (C=O) groups is 1. The van der Waals surface area contributed by atoms with Crippen LogP contribution in [0.1, 0.15) is 55.7 Å². The molecule has 3 atom stereocenters. The maximum Gasteiger partial charge on any atom is 0.216 e. The van der Waals surface area contributed by atoms with Crippen LogP contribution >= 0.6 is 0 Å². The number of carbonyl (C=O) groups excluding carboxylic acids is 1. The van der Waals surface area contributed by atoms with Crippen LogP contribution < -0.4 is 10.6 Å². The second-order valence-electron chi connectivity index (χ2n) is 7.84. The molecule has 1 fully saturated rings. The van der Waals surface area contributed by atoms with Crippen LogP contribution in [-0.2, 0) is 11.3 Å². The number of rotatable bonds is 4. The summed E-state index contributed by atoms with van der Waals surface area (Å²) >= 11 is 0. The molecule has 0 spiro atoms. The molecule has 25 heavy (non-hydrogen) atoms. The molecule has 0 radical (unpaired) electrons. The minimum atomic E-state index is 0.0844. The zero-order chi connectivity index (χ0) is 17.4. The van der Waals surface area contributed by atoms with Gasteiger partial charge in [-0.25, -0.2) is 0 Å². The molecule has 0 bridgehead atoms. The highest BCUT2D eigenvalue weighted by Crippen LogP contribution is 2.47. The van der Waals surface area contributed by atoms with Gasteiger partial charge < -0.3 is 10.6 Å². The molecule has 1 aromatic rings. The molecule has 3 aliphatic rings. The van der Waals surface area contributed by atoms with Gasteiger partial charge >= 0.3 is 0 Å². The lowest BCUT2D eigenvalue weighted by atomic mass is 9.68. The fourth-order valence-corrected chi connectivity index (χ4v) is 5.11. The first kappa shape index (κ1) is 16.6. The van der Waals surface area contributed by atoms with E-state index in [1.54, 1.807) is 6.92 Å². The SMILES string of the molecule is CCCN1CC(CNC(C)=O)CC2c3cccc4c3C(=CNC4)CC21. The van der Waals surface area contributed by atoms with Gasteiger partial charge in [0, 0.05) is 44.7 Å². The standard InChI is InChI=1S/C21H29N3O/c1-3-7-24-13-15(10-23-14(2)25)8-19-18-6-4-5-16-11-22-12-17(21(16)18)9-20(19)24/h4-6,12,15,19-20,22H,3,7-11,13H2,1-2H3,(H,23,25). The van der Waals surface area contributed by atoms with Crippen molar-refractivity contribution in [1.82, 2.24) is 15.5 Å². The predicted molar refractivity (Wildman–Crippen MR) is 101 cm³/mol. The van der Waals surface area contributed by atoms with E-state index in [0.29, 0.717) is 17.9 Å². The van der Waals surface area contributed by atoms with Gasteiger partial charge in [0.25, 0.3) is 0 Å². The molecule has 2 heterocycles. The molecule has 4 heteroatoms. The molecule has 0 saturated carbocycles. The van der Waals surface area contributed by atoms with Crippen molar-refractivity contribution in [2.45, 2.75) is 51.6 Å². The summed E-state index contributed by atoms with van der Waals surface area (Å²) in [4.78, 5) is 14.1. The van der Waals surface area contributed by atoms with E-state index in [4.69, 9.17) is 0 Å². The van der Waals surface area contributed by atoms with Gasteiger partial charge in [-0.15, -0.1) is 0 Å². The quantitative estimate of drug-likeness (QED) is 0.887. The molecule has 2 aliphatic heterocycles. The average Bonchev–Trinajstić information content (AvgIpc) is 2.61. The first-order chi connectivity index (χ1) is 12.2. The van der Waals surface area contributed by atoms with Gasteiger partial charge in [-0.1, -0.05) is 25.1 Å². The Morgan fingerprint density at radius 1 is 1.40 bits per heavy atom. The lowest BCUT2D eigenvalue weighted by Gasteiger charge is -2.49. The summed E-state index contributed by atoms with van der Waals surface area (Å²) in [6, 6.07) is 7.44. The molecular weight excluding hydrogens is 310 g/mol. The third kappa shape index (κ3) is 3.08. The maximum absolute atomic E-state index is 11.4. The Morgan fingerprint density at radius 3 is 3.08 bits per heavy atom. The Labute approximate surface area is 150 Å². The zero-order valence-corrected chi connectivity index (χ0v) is 15.3. The van der Waals surface area contributed by atoms with Crippen molar-refractivity contribution in [3.63, 3.8) is 0 Å². The van der Waals surface area contributed by atoms with Crippen molar-refractivity contribution in [3.8, 4) is 0 Å². The van der Waals surface area contributed by atoms with E-state index >= 15 is 0 Å². The Balaban J connectivity index is 1.67. The molecule has 1 aliphatic carbocycles. The highest BCUT2D eigenvalue weighted by Gasteiger charge is 2.41. The summed E-state index contributed by atoms with van der Waals surface area (Å²) in [6.07, 6.45) is 5.76. The summed E-state index contributed by atoms with van der Waals surface area (Å²) in [5, 5.41) is 6.51. The molecule has 1 amide bonds. The predicted octanol–water partition coefficient (Wildman–Crippen LogP) is 2.85. The van der Waals surface area contributed by atoms with E-state index < -0.39 is 0 Å². The van der Waals surface area contributed by atoms with Crippen LogP contribution in [0.25, 0.3) is 5.57 Å². The molecule has 3 unspecified atom stereocenters. The second-order valence-corrected chi connectivity index (χ2v) is 7.84. The fraction of sp³-hybridized carbons (Fsp3) is 0.571. The van der Waals surface area contributed by atoms with Crippen LogP contribution in [0.3, 0.4) is 0 Å². The van der Waals surface area contributed by atoms with Gasteiger partial charge in [-0.05, 0) is 54.0 Å². The summed E-state index contributed by atoms with van der Waals surface area (Å²) < 4.78 is 0. The van der Waals surface area contributed by atoms with Gasteiger partial charge in [0.2, 0.25) is 5.91 Å². The Kier molecular flexibility index (Phi) is 4.55. The van der Waals surface area contributed by atoms with Crippen molar-refractivity contribution in [3.05, 3.63) is 41.1 Å². The zero-order valence-electron chi connectivity index (χ0n) is 15.3. The topological polar surface area (TPSA) is 44.4 Å². The molecule has 2 N–H and O–H groups in total. The van der Waals surface area contributed by atoms with E-state index in [1.807, 2.05) is 0 Å². The van der Waals surface area contributed by atoms with E-state index in [0.717, 1.165) is 32.6 Å². The van der Waals surface area contributed by atoms with Crippen LogP contribution in [0.4, 0.5) is 0 Å². The summed E-state index contributed by atoms with van der Waals surface area (Å²) in [5.74, 6) is 1.21. The Hall–Kier alpha value is -1.81. The number of hydrogen-bond donors (Lipinski definition) is 2.